The zero-order valence-corrected chi connectivity index (χ0v) is 13.7. The van der Waals surface area contributed by atoms with E-state index in [9.17, 15) is 21.4 Å². The van der Waals surface area contributed by atoms with Gasteiger partial charge in [-0.15, -0.1) is 11.3 Å². The molecule has 1 unspecified atom stereocenters. The summed E-state index contributed by atoms with van der Waals surface area (Å²) in [4.78, 5) is 4.16. The third kappa shape index (κ3) is 3.93. The van der Waals surface area contributed by atoms with Gasteiger partial charge < -0.3 is 0 Å². The summed E-state index contributed by atoms with van der Waals surface area (Å²) in [5.74, 6) is -1.24. The molecule has 0 amide bonds. The zero-order valence-electron chi connectivity index (χ0n) is 10.4. The van der Waals surface area contributed by atoms with Crippen LogP contribution in [-0.4, -0.2) is 40.8 Å². The van der Waals surface area contributed by atoms with Crippen LogP contribution in [0.1, 0.15) is 5.01 Å². The van der Waals surface area contributed by atoms with Gasteiger partial charge in [-0.1, -0.05) is 12.1 Å². The summed E-state index contributed by atoms with van der Waals surface area (Å²) >= 11 is 4.93. The number of thiazole rings is 1. The maximum absolute atomic E-state index is 11.4. The number of hydrogen-bond acceptors (Lipinski definition) is 7. The quantitative estimate of drug-likeness (QED) is 0.535. The molecule has 0 radical (unpaired) electrons. The van der Waals surface area contributed by atoms with E-state index in [1.54, 1.807) is 24.3 Å². The predicted octanol–water partition coefficient (Wildman–Crippen LogP) is 1.24. The van der Waals surface area contributed by atoms with Crippen molar-refractivity contribution in [3.63, 3.8) is 0 Å². The first kappa shape index (κ1) is 16.6. The fourth-order valence-corrected chi connectivity index (χ4v) is 5.69. The Morgan fingerprint density at radius 3 is 2.33 bits per heavy atom. The number of nitrogens with zero attached hydrogens (tertiary/aromatic N) is 1. The molecular weight excluding hydrogens is 358 g/mol. The maximum Gasteiger partial charge on any atom is 0.281 e. The number of fused-ring (bicyclic) bond motifs is 1. The first-order chi connectivity index (χ1) is 9.50. The second-order valence-electron chi connectivity index (χ2n) is 4.40. The van der Waals surface area contributed by atoms with Gasteiger partial charge in [-0.3, -0.25) is 9.11 Å². The Morgan fingerprint density at radius 1 is 1.19 bits per heavy atom. The molecule has 0 aliphatic rings. The second-order valence-corrected chi connectivity index (χ2v) is 9.86. The molecule has 0 spiro atoms. The molecule has 0 aliphatic heterocycles. The largest absolute Gasteiger partial charge is 0.285 e. The highest BCUT2D eigenvalue weighted by molar-refractivity contribution is 8.04. The van der Waals surface area contributed by atoms with Crippen LogP contribution < -0.4 is 0 Å². The predicted molar refractivity (Wildman–Crippen MR) is 83.0 cm³/mol. The lowest BCUT2D eigenvalue weighted by molar-refractivity contribution is 0.450. The molecule has 1 aromatic heterocycles. The molecule has 1 heterocycles. The Morgan fingerprint density at radius 2 is 1.81 bits per heavy atom. The first-order valence-electron chi connectivity index (χ1n) is 5.49. The molecule has 0 saturated heterocycles. The molecule has 0 saturated carbocycles. The Bertz CT molecular complexity index is 839. The van der Waals surface area contributed by atoms with Crippen molar-refractivity contribution in [1.82, 2.24) is 4.98 Å². The van der Waals surface area contributed by atoms with E-state index in [4.69, 9.17) is 4.55 Å². The van der Waals surface area contributed by atoms with Crippen LogP contribution in [-0.2, 0) is 26.7 Å². The minimum Gasteiger partial charge on any atom is -0.285 e. The van der Waals surface area contributed by atoms with E-state index in [2.05, 4.69) is 17.6 Å². The highest BCUT2D eigenvalue weighted by atomic mass is 32.3. The number of aromatic nitrogens is 1. The van der Waals surface area contributed by atoms with Crippen LogP contribution in [0.5, 0.6) is 0 Å². The van der Waals surface area contributed by atoms with Gasteiger partial charge in [0, 0.05) is 6.42 Å². The molecule has 116 valence electrons. The van der Waals surface area contributed by atoms with Gasteiger partial charge in [0.2, 0.25) is 0 Å². The monoisotopic (exact) mass is 369 g/mol. The van der Waals surface area contributed by atoms with E-state index in [1.165, 1.54) is 0 Å². The minimum absolute atomic E-state index is 0.285. The van der Waals surface area contributed by atoms with E-state index in [0.717, 1.165) is 16.0 Å². The van der Waals surface area contributed by atoms with Crippen LogP contribution in [0.4, 0.5) is 0 Å². The molecule has 7 nitrogen and oxygen atoms in total. The molecule has 1 atom stereocenters. The molecular formula is C10H11NO6S4. The summed E-state index contributed by atoms with van der Waals surface area (Å²) < 4.78 is 61.3. The van der Waals surface area contributed by atoms with Crippen molar-refractivity contribution >= 4 is 54.4 Å². The lowest BCUT2D eigenvalue weighted by atomic mass is 10.3. The first-order valence-corrected chi connectivity index (χ1v) is 9.80. The van der Waals surface area contributed by atoms with Crippen molar-refractivity contribution in [2.24, 2.45) is 0 Å². The third-order valence-electron chi connectivity index (χ3n) is 2.65. The van der Waals surface area contributed by atoms with Crippen LogP contribution in [0.15, 0.2) is 24.3 Å². The summed E-state index contributed by atoms with van der Waals surface area (Å²) in [6, 6.07) is 7.01. The van der Waals surface area contributed by atoms with Gasteiger partial charge in [0.05, 0.1) is 15.2 Å². The fraction of sp³-hybridized carbons (Fsp3) is 0.300. The van der Waals surface area contributed by atoms with Gasteiger partial charge in [0.1, 0.15) is 5.75 Å². The number of benzene rings is 1. The Hall–Kier alpha value is -0.720. The molecule has 11 heteroatoms. The van der Waals surface area contributed by atoms with Crippen molar-refractivity contribution < 1.29 is 25.9 Å². The summed E-state index contributed by atoms with van der Waals surface area (Å²) in [5.41, 5.74) is 0.621. The van der Waals surface area contributed by atoms with Gasteiger partial charge in [-0.25, -0.2) is 4.98 Å². The average molecular weight is 369 g/mol. The number of hydrogen-bond donors (Lipinski definition) is 3. The Balaban J connectivity index is 2.44. The van der Waals surface area contributed by atoms with Gasteiger partial charge in [-0.2, -0.15) is 29.5 Å². The summed E-state index contributed by atoms with van der Waals surface area (Å²) in [7, 11) is -9.50. The summed E-state index contributed by atoms with van der Waals surface area (Å²) in [6.07, 6.45) is -0.450. The van der Waals surface area contributed by atoms with E-state index < -0.39 is 36.5 Å². The summed E-state index contributed by atoms with van der Waals surface area (Å²) in [6.45, 7) is 0. The average Bonchev–Trinajstić information content (AvgIpc) is 2.66. The van der Waals surface area contributed by atoms with E-state index in [0.29, 0.717) is 5.52 Å². The fourth-order valence-electron chi connectivity index (χ4n) is 1.73. The molecule has 21 heavy (non-hydrogen) atoms. The van der Waals surface area contributed by atoms with Crippen molar-refractivity contribution in [2.75, 3.05) is 5.75 Å². The molecule has 0 aliphatic carbocycles. The topological polar surface area (TPSA) is 122 Å². The molecule has 2 N–H and O–H groups in total. The van der Waals surface area contributed by atoms with Crippen molar-refractivity contribution in [3.05, 3.63) is 29.3 Å². The third-order valence-corrected chi connectivity index (χ3v) is 7.20. The molecule has 0 fully saturated rings. The van der Waals surface area contributed by atoms with Gasteiger partial charge in [-0.05, 0) is 12.1 Å². The highest BCUT2D eigenvalue weighted by Crippen LogP contribution is 2.31. The van der Waals surface area contributed by atoms with Crippen LogP contribution in [0.25, 0.3) is 10.2 Å². The minimum atomic E-state index is -4.84. The van der Waals surface area contributed by atoms with Gasteiger partial charge in [0.25, 0.3) is 20.2 Å². The molecule has 2 rings (SSSR count). The Labute approximate surface area is 130 Å². The molecule has 0 bridgehead atoms. The Kier molecular flexibility index (Phi) is 4.35. The van der Waals surface area contributed by atoms with Crippen LogP contribution >= 0.6 is 24.0 Å². The maximum atomic E-state index is 11.4. The number of rotatable bonds is 5. The van der Waals surface area contributed by atoms with E-state index >= 15 is 0 Å². The zero-order chi connectivity index (χ0) is 15.9. The normalized spacial score (nSPS) is 16.0. The number of thiol groups is 1. The van der Waals surface area contributed by atoms with Crippen LogP contribution in [0, 0.1) is 0 Å². The van der Waals surface area contributed by atoms with Crippen molar-refractivity contribution in [3.8, 4) is 0 Å². The smallest absolute Gasteiger partial charge is 0.281 e. The van der Waals surface area contributed by atoms with Gasteiger partial charge >= 0.3 is 0 Å². The van der Waals surface area contributed by atoms with E-state index in [-0.39, 0.29) is 5.01 Å². The second kappa shape index (κ2) is 5.48. The van der Waals surface area contributed by atoms with Crippen molar-refractivity contribution in [1.29, 1.82) is 0 Å². The SMILES string of the molecule is O=S(=O)(O)CC(S)(Cc1nc2ccccc2s1)S(=O)(=O)O. The summed E-state index contributed by atoms with van der Waals surface area (Å²) in [5, 5.41) is 0.285. The van der Waals surface area contributed by atoms with Crippen molar-refractivity contribution in [2.45, 2.75) is 10.5 Å². The lowest BCUT2D eigenvalue weighted by Crippen LogP contribution is -2.41. The molecule has 2 aromatic rings. The number of para-hydroxylation sites is 1. The standard InChI is InChI=1S/C10H11NO6S4/c12-20(13,14)6-10(18,21(15,16)17)5-9-11-7-3-1-2-4-8(7)19-9/h1-4,18H,5-6H2,(H,12,13,14)(H,15,16,17). The van der Waals surface area contributed by atoms with Crippen LogP contribution in [0.2, 0.25) is 0 Å². The highest BCUT2D eigenvalue weighted by Gasteiger charge is 2.44. The lowest BCUT2D eigenvalue weighted by Gasteiger charge is -2.22. The van der Waals surface area contributed by atoms with Crippen LogP contribution in [0.3, 0.4) is 0 Å². The van der Waals surface area contributed by atoms with E-state index in [1.807, 2.05) is 0 Å². The molecule has 1 aromatic carbocycles. The van der Waals surface area contributed by atoms with Gasteiger partial charge in [0.15, 0.2) is 4.08 Å².